The molecule has 0 bridgehead atoms. The SMILES string of the molecule is Cc1ccc(F)c(C(=O)Nc2c(Cl)ncnc2Cl)c1. The molecule has 0 aliphatic carbocycles. The van der Waals surface area contributed by atoms with E-state index < -0.39 is 11.7 Å². The molecule has 1 aromatic carbocycles. The lowest BCUT2D eigenvalue weighted by atomic mass is 10.1. The lowest BCUT2D eigenvalue weighted by Crippen LogP contribution is -2.15. The molecule has 0 spiro atoms. The van der Waals surface area contributed by atoms with Crippen LogP contribution in [0.2, 0.25) is 10.3 Å². The molecule has 98 valence electrons. The summed E-state index contributed by atoms with van der Waals surface area (Å²) in [7, 11) is 0. The van der Waals surface area contributed by atoms with Crippen molar-refractivity contribution in [3.05, 3.63) is 51.8 Å². The normalized spacial score (nSPS) is 10.3. The van der Waals surface area contributed by atoms with E-state index in [-0.39, 0.29) is 21.6 Å². The van der Waals surface area contributed by atoms with E-state index in [0.717, 1.165) is 11.9 Å². The molecule has 0 fully saturated rings. The van der Waals surface area contributed by atoms with E-state index in [1.807, 2.05) is 0 Å². The summed E-state index contributed by atoms with van der Waals surface area (Å²) in [5.41, 5.74) is 0.709. The molecule has 1 amide bonds. The van der Waals surface area contributed by atoms with Crippen molar-refractivity contribution in [2.24, 2.45) is 0 Å². The van der Waals surface area contributed by atoms with Crippen LogP contribution in [0.1, 0.15) is 15.9 Å². The van der Waals surface area contributed by atoms with Crippen LogP contribution >= 0.6 is 23.2 Å². The van der Waals surface area contributed by atoms with Gasteiger partial charge in [0.1, 0.15) is 17.8 Å². The maximum Gasteiger partial charge on any atom is 0.258 e. The fourth-order valence-electron chi connectivity index (χ4n) is 1.44. The molecule has 0 saturated carbocycles. The van der Waals surface area contributed by atoms with Crippen molar-refractivity contribution in [1.82, 2.24) is 9.97 Å². The number of carbonyl (C=O) groups is 1. The third-order valence-electron chi connectivity index (χ3n) is 2.36. The summed E-state index contributed by atoms with van der Waals surface area (Å²) >= 11 is 11.6. The van der Waals surface area contributed by atoms with Gasteiger partial charge in [-0.2, -0.15) is 0 Å². The van der Waals surface area contributed by atoms with Crippen LogP contribution < -0.4 is 5.32 Å². The fraction of sp³-hybridized carbons (Fsp3) is 0.0833. The Hall–Kier alpha value is -1.72. The van der Waals surface area contributed by atoms with Gasteiger partial charge in [0.15, 0.2) is 10.3 Å². The van der Waals surface area contributed by atoms with Crippen molar-refractivity contribution in [1.29, 1.82) is 0 Å². The molecule has 7 heteroatoms. The fourth-order valence-corrected chi connectivity index (χ4v) is 1.85. The van der Waals surface area contributed by atoms with Crippen LogP contribution in [0.5, 0.6) is 0 Å². The molecule has 0 aliphatic heterocycles. The van der Waals surface area contributed by atoms with Gasteiger partial charge in [-0.25, -0.2) is 14.4 Å². The summed E-state index contributed by atoms with van der Waals surface area (Å²) in [6.07, 6.45) is 1.16. The highest BCUT2D eigenvalue weighted by atomic mass is 35.5. The number of aromatic nitrogens is 2. The second kappa shape index (κ2) is 5.50. The number of hydrogen-bond donors (Lipinski definition) is 1. The van der Waals surface area contributed by atoms with Gasteiger partial charge < -0.3 is 5.32 Å². The number of aryl methyl sites for hydroxylation is 1. The molecule has 19 heavy (non-hydrogen) atoms. The maximum absolute atomic E-state index is 13.6. The lowest BCUT2D eigenvalue weighted by Gasteiger charge is -2.08. The molecule has 4 nitrogen and oxygen atoms in total. The minimum atomic E-state index is -0.667. The molecule has 0 aliphatic rings. The molecule has 0 unspecified atom stereocenters. The summed E-state index contributed by atoms with van der Waals surface area (Å²) in [6.45, 7) is 1.75. The molecule has 1 N–H and O–H groups in total. The predicted octanol–water partition coefficient (Wildman–Crippen LogP) is 3.48. The van der Waals surface area contributed by atoms with Crippen LogP contribution in [0.3, 0.4) is 0 Å². The Morgan fingerprint density at radius 1 is 1.26 bits per heavy atom. The third kappa shape index (κ3) is 3.00. The third-order valence-corrected chi connectivity index (χ3v) is 2.93. The number of benzene rings is 1. The zero-order valence-electron chi connectivity index (χ0n) is 9.75. The van der Waals surface area contributed by atoms with Crippen molar-refractivity contribution < 1.29 is 9.18 Å². The second-order valence-electron chi connectivity index (χ2n) is 3.77. The number of anilines is 1. The first-order valence-electron chi connectivity index (χ1n) is 5.22. The first kappa shape index (κ1) is 13.7. The Balaban J connectivity index is 2.34. The zero-order chi connectivity index (χ0) is 14.0. The Bertz CT molecular complexity index is 629. The van der Waals surface area contributed by atoms with Crippen molar-refractivity contribution >= 4 is 34.8 Å². The van der Waals surface area contributed by atoms with Crippen molar-refractivity contribution in [3.63, 3.8) is 0 Å². The smallest absolute Gasteiger partial charge is 0.258 e. The number of nitrogens with zero attached hydrogens (tertiary/aromatic N) is 2. The van der Waals surface area contributed by atoms with E-state index in [9.17, 15) is 9.18 Å². The molecule has 2 rings (SSSR count). The highest BCUT2D eigenvalue weighted by molar-refractivity contribution is 6.38. The topological polar surface area (TPSA) is 54.9 Å². The van der Waals surface area contributed by atoms with Gasteiger partial charge >= 0.3 is 0 Å². The van der Waals surface area contributed by atoms with Gasteiger partial charge in [-0.3, -0.25) is 4.79 Å². The van der Waals surface area contributed by atoms with E-state index >= 15 is 0 Å². The quantitative estimate of drug-likeness (QED) is 0.864. The highest BCUT2D eigenvalue weighted by Gasteiger charge is 2.16. The van der Waals surface area contributed by atoms with Gasteiger partial charge in [0.2, 0.25) is 0 Å². The number of nitrogens with one attached hydrogen (secondary N) is 1. The van der Waals surface area contributed by atoms with Crippen molar-refractivity contribution in [2.75, 3.05) is 5.32 Å². The molecule has 0 atom stereocenters. The second-order valence-corrected chi connectivity index (χ2v) is 4.48. The summed E-state index contributed by atoms with van der Waals surface area (Å²) in [5, 5.41) is 2.37. The Morgan fingerprint density at radius 2 is 1.89 bits per heavy atom. The zero-order valence-corrected chi connectivity index (χ0v) is 11.3. The molecule has 1 heterocycles. The average Bonchev–Trinajstić information content (AvgIpc) is 2.37. The number of carbonyl (C=O) groups excluding carboxylic acids is 1. The van der Waals surface area contributed by atoms with E-state index in [0.29, 0.717) is 0 Å². The van der Waals surface area contributed by atoms with Gasteiger partial charge in [0, 0.05) is 0 Å². The summed E-state index contributed by atoms with van der Waals surface area (Å²) < 4.78 is 13.6. The highest BCUT2D eigenvalue weighted by Crippen LogP contribution is 2.26. The van der Waals surface area contributed by atoms with Gasteiger partial charge in [-0.15, -0.1) is 0 Å². The minimum absolute atomic E-state index is 0.0126. The van der Waals surface area contributed by atoms with Gasteiger partial charge in [-0.05, 0) is 19.1 Å². The standard InChI is InChI=1S/C12H8Cl2FN3O/c1-6-2-3-8(15)7(4-6)12(19)18-9-10(13)16-5-17-11(9)14/h2-5H,1H3,(H,18,19). The lowest BCUT2D eigenvalue weighted by molar-refractivity contribution is 0.102. The van der Waals surface area contributed by atoms with E-state index in [4.69, 9.17) is 23.2 Å². The molecule has 0 saturated heterocycles. The van der Waals surface area contributed by atoms with Crippen LogP contribution in [0.25, 0.3) is 0 Å². The summed E-state index contributed by atoms with van der Waals surface area (Å²) in [5.74, 6) is -1.30. The number of halogens is 3. The molecule has 1 aromatic heterocycles. The molecule has 0 radical (unpaired) electrons. The molecular formula is C12H8Cl2FN3O. The summed E-state index contributed by atoms with van der Waals surface area (Å²) in [4.78, 5) is 19.3. The Kier molecular flexibility index (Phi) is 3.97. The van der Waals surface area contributed by atoms with Gasteiger partial charge in [0.05, 0.1) is 5.56 Å². The van der Waals surface area contributed by atoms with Crippen LogP contribution in [-0.2, 0) is 0 Å². The average molecular weight is 300 g/mol. The number of rotatable bonds is 2. The van der Waals surface area contributed by atoms with Crippen LogP contribution in [0, 0.1) is 12.7 Å². The number of hydrogen-bond acceptors (Lipinski definition) is 3. The maximum atomic E-state index is 13.6. The monoisotopic (exact) mass is 299 g/mol. The molecule has 2 aromatic rings. The Labute approximate surface area is 118 Å². The first-order chi connectivity index (χ1) is 8.99. The Morgan fingerprint density at radius 3 is 2.53 bits per heavy atom. The minimum Gasteiger partial charge on any atom is -0.317 e. The first-order valence-corrected chi connectivity index (χ1v) is 5.98. The summed E-state index contributed by atoms with van der Waals surface area (Å²) in [6, 6.07) is 4.21. The van der Waals surface area contributed by atoms with Gasteiger partial charge in [0.25, 0.3) is 5.91 Å². The molecular weight excluding hydrogens is 292 g/mol. The van der Waals surface area contributed by atoms with Crippen LogP contribution in [0.15, 0.2) is 24.5 Å². The van der Waals surface area contributed by atoms with Gasteiger partial charge in [-0.1, -0.05) is 34.8 Å². The number of amides is 1. The van der Waals surface area contributed by atoms with E-state index in [1.54, 1.807) is 13.0 Å². The van der Waals surface area contributed by atoms with Crippen molar-refractivity contribution in [3.8, 4) is 0 Å². The van der Waals surface area contributed by atoms with E-state index in [1.165, 1.54) is 12.1 Å². The van der Waals surface area contributed by atoms with Crippen LogP contribution in [0.4, 0.5) is 10.1 Å². The van der Waals surface area contributed by atoms with E-state index in [2.05, 4.69) is 15.3 Å². The van der Waals surface area contributed by atoms with Crippen molar-refractivity contribution in [2.45, 2.75) is 6.92 Å². The largest absolute Gasteiger partial charge is 0.317 e. The predicted molar refractivity (Wildman–Crippen MR) is 71.1 cm³/mol. The van der Waals surface area contributed by atoms with Crippen LogP contribution in [-0.4, -0.2) is 15.9 Å².